The molecule has 1 aliphatic rings. The molecule has 0 unspecified atom stereocenters. The normalized spacial score (nSPS) is 23.7. The SMILES string of the molecule is CC1CCC(CNC(C)(C)CNC(=O)OC(C)(C)C)CC1. The van der Waals surface area contributed by atoms with E-state index < -0.39 is 5.60 Å². The fourth-order valence-corrected chi connectivity index (χ4v) is 2.62. The number of nitrogens with one attached hydrogen (secondary N) is 2. The summed E-state index contributed by atoms with van der Waals surface area (Å²) in [6.45, 7) is 13.8. The smallest absolute Gasteiger partial charge is 0.407 e. The lowest BCUT2D eigenvalue weighted by atomic mass is 9.82. The first-order valence-electron chi connectivity index (χ1n) is 8.29. The number of hydrogen-bond donors (Lipinski definition) is 2. The standard InChI is InChI=1S/C17H34N2O2/c1-13-7-9-14(10-8-13)11-19-17(5,6)12-18-15(20)21-16(2,3)4/h13-14,19H,7-12H2,1-6H3,(H,18,20). The van der Waals surface area contributed by atoms with Crippen LogP contribution in [0.5, 0.6) is 0 Å². The summed E-state index contributed by atoms with van der Waals surface area (Å²) in [4.78, 5) is 11.7. The van der Waals surface area contributed by atoms with Crippen LogP contribution in [0.2, 0.25) is 0 Å². The second-order valence-electron chi connectivity index (χ2n) is 8.25. The van der Waals surface area contributed by atoms with Crippen LogP contribution < -0.4 is 10.6 Å². The molecule has 4 nitrogen and oxygen atoms in total. The third-order valence-electron chi connectivity index (χ3n) is 4.08. The van der Waals surface area contributed by atoms with Crippen molar-refractivity contribution in [3.05, 3.63) is 0 Å². The average Bonchev–Trinajstić information content (AvgIpc) is 2.34. The lowest BCUT2D eigenvalue weighted by Gasteiger charge is -2.32. The number of hydrogen-bond acceptors (Lipinski definition) is 3. The summed E-state index contributed by atoms with van der Waals surface area (Å²) in [5, 5.41) is 6.44. The molecular formula is C17H34N2O2. The number of rotatable bonds is 5. The number of carbonyl (C=O) groups excluding carboxylic acids is 1. The van der Waals surface area contributed by atoms with Gasteiger partial charge in [-0.1, -0.05) is 19.8 Å². The molecule has 0 saturated heterocycles. The molecule has 0 bridgehead atoms. The predicted molar refractivity (Wildman–Crippen MR) is 87.4 cm³/mol. The molecule has 0 aliphatic heterocycles. The summed E-state index contributed by atoms with van der Waals surface area (Å²) >= 11 is 0. The van der Waals surface area contributed by atoms with E-state index in [0.717, 1.165) is 18.4 Å². The highest BCUT2D eigenvalue weighted by molar-refractivity contribution is 5.67. The van der Waals surface area contributed by atoms with Gasteiger partial charge >= 0.3 is 6.09 Å². The zero-order valence-corrected chi connectivity index (χ0v) is 14.7. The van der Waals surface area contributed by atoms with E-state index in [9.17, 15) is 4.79 Å². The molecule has 0 aromatic heterocycles. The van der Waals surface area contributed by atoms with Gasteiger partial charge in [0.15, 0.2) is 0 Å². The number of alkyl carbamates (subject to hydrolysis) is 1. The Morgan fingerprint density at radius 3 is 2.19 bits per heavy atom. The summed E-state index contributed by atoms with van der Waals surface area (Å²) in [6.07, 6.45) is 5.00. The molecule has 1 aliphatic carbocycles. The second kappa shape index (κ2) is 7.48. The Hall–Kier alpha value is -0.770. The van der Waals surface area contributed by atoms with E-state index in [-0.39, 0.29) is 11.6 Å². The van der Waals surface area contributed by atoms with Crippen molar-refractivity contribution in [3.63, 3.8) is 0 Å². The Bertz CT molecular complexity index is 326. The van der Waals surface area contributed by atoms with Gasteiger partial charge in [-0.15, -0.1) is 0 Å². The quantitative estimate of drug-likeness (QED) is 0.813. The van der Waals surface area contributed by atoms with E-state index in [4.69, 9.17) is 4.74 Å². The molecule has 1 saturated carbocycles. The molecule has 21 heavy (non-hydrogen) atoms. The zero-order valence-electron chi connectivity index (χ0n) is 14.7. The molecule has 0 heterocycles. The van der Waals surface area contributed by atoms with Gasteiger partial charge in [0, 0.05) is 12.1 Å². The molecule has 124 valence electrons. The van der Waals surface area contributed by atoms with E-state index in [1.165, 1.54) is 25.7 Å². The van der Waals surface area contributed by atoms with E-state index in [2.05, 4.69) is 31.4 Å². The van der Waals surface area contributed by atoms with Crippen molar-refractivity contribution in [1.82, 2.24) is 10.6 Å². The minimum atomic E-state index is -0.444. The Morgan fingerprint density at radius 1 is 1.10 bits per heavy atom. The fourth-order valence-electron chi connectivity index (χ4n) is 2.62. The van der Waals surface area contributed by atoms with Gasteiger partial charge in [0.05, 0.1) is 0 Å². The van der Waals surface area contributed by atoms with Crippen molar-refractivity contribution in [2.75, 3.05) is 13.1 Å². The topological polar surface area (TPSA) is 50.4 Å². The van der Waals surface area contributed by atoms with Crippen molar-refractivity contribution >= 4 is 6.09 Å². The van der Waals surface area contributed by atoms with E-state index in [1.807, 2.05) is 20.8 Å². The molecule has 1 fully saturated rings. The van der Waals surface area contributed by atoms with Gasteiger partial charge in [-0.05, 0) is 65.8 Å². The first-order chi connectivity index (χ1) is 9.57. The van der Waals surface area contributed by atoms with Crippen molar-refractivity contribution < 1.29 is 9.53 Å². The highest BCUT2D eigenvalue weighted by Crippen LogP contribution is 2.28. The molecular weight excluding hydrogens is 264 g/mol. The molecule has 2 N–H and O–H groups in total. The highest BCUT2D eigenvalue weighted by atomic mass is 16.6. The highest BCUT2D eigenvalue weighted by Gasteiger charge is 2.24. The van der Waals surface area contributed by atoms with Crippen LogP contribution in [0, 0.1) is 11.8 Å². The Kier molecular flexibility index (Phi) is 6.51. The van der Waals surface area contributed by atoms with Gasteiger partial charge < -0.3 is 15.4 Å². The van der Waals surface area contributed by atoms with Crippen LogP contribution in [0.25, 0.3) is 0 Å². The molecule has 1 amide bonds. The Morgan fingerprint density at radius 2 is 1.67 bits per heavy atom. The summed E-state index contributed by atoms with van der Waals surface area (Å²) in [6, 6.07) is 0. The summed E-state index contributed by atoms with van der Waals surface area (Å²) in [5.74, 6) is 1.67. The number of carbonyl (C=O) groups is 1. The Labute approximate surface area is 130 Å². The molecule has 1 rings (SSSR count). The molecule has 0 atom stereocenters. The van der Waals surface area contributed by atoms with Gasteiger partial charge in [-0.3, -0.25) is 0 Å². The first-order valence-corrected chi connectivity index (χ1v) is 8.29. The largest absolute Gasteiger partial charge is 0.444 e. The van der Waals surface area contributed by atoms with Crippen LogP contribution in [0.1, 0.15) is 67.2 Å². The average molecular weight is 298 g/mol. The zero-order chi connectivity index (χ0) is 16.1. The molecule has 0 aromatic carbocycles. The lowest BCUT2D eigenvalue weighted by Crippen LogP contribution is -2.51. The van der Waals surface area contributed by atoms with Gasteiger partial charge in [-0.2, -0.15) is 0 Å². The van der Waals surface area contributed by atoms with Gasteiger partial charge in [-0.25, -0.2) is 4.79 Å². The number of amides is 1. The summed E-state index contributed by atoms with van der Waals surface area (Å²) in [7, 11) is 0. The van der Waals surface area contributed by atoms with Gasteiger partial charge in [0.25, 0.3) is 0 Å². The summed E-state index contributed by atoms with van der Waals surface area (Å²) < 4.78 is 5.26. The predicted octanol–water partition coefficient (Wildman–Crippen LogP) is 3.71. The molecule has 4 heteroatoms. The van der Waals surface area contributed by atoms with Crippen LogP contribution in [0.3, 0.4) is 0 Å². The van der Waals surface area contributed by atoms with Crippen LogP contribution in [-0.2, 0) is 4.74 Å². The maximum Gasteiger partial charge on any atom is 0.407 e. The van der Waals surface area contributed by atoms with Crippen LogP contribution in [-0.4, -0.2) is 30.3 Å². The Balaban J connectivity index is 2.25. The first kappa shape index (κ1) is 18.3. The van der Waals surface area contributed by atoms with E-state index >= 15 is 0 Å². The van der Waals surface area contributed by atoms with Crippen molar-refractivity contribution in [1.29, 1.82) is 0 Å². The van der Waals surface area contributed by atoms with Crippen molar-refractivity contribution in [3.8, 4) is 0 Å². The summed E-state index contributed by atoms with van der Waals surface area (Å²) in [5.41, 5.74) is -0.555. The maximum atomic E-state index is 11.7. The maximum absolute atomic E-state index is 11.7. The van der Waals surface area contributed by atoms with Crippen LogP contribution in [0.15, 0.2) is 0 Å². The van der Waals surface area contributed by atoms with Crippen molar-refractivity contribution in [2.24, 2.45) is 11.8 Å². The molecule has 0 radical (unpaired) electrons. The van der Waals surface area contributed by atoms with Crippen molar-refractivity contribution in [2.45, 2.75) is 78.4 Å². The molecule has 0 spiro atoms. The fraction of sp³-hybridized carbons (Fsp3) is 0.941. The monoisotopic (exact) mass is 298 g/mol. The third kappa shape index (κ3) is 8.30. The lowest BCUT2D eigenvalue weighted by molar-refractivity contribution is 0.0513. The van der Waals surface area contributed by atoms with Crippen LogP contribution >= 0.6 is 0 Å². The third-order valence-corrected chi connectivity index (χ3v) is 4.08. The number of ether oxygens (including phenoxy) is 1. The minimum Gasteiger partial charge on any atom is -0.444 e. The van der Waals surface area contributed by atoms with E-state index in [1.54, 1.807) is 0 Å². The minimum absolute atomic E-state index is 0.111. The second-order valence-corrected chi connectivity index (χ2v) is 8.25. The van der Waals surface area contributed by atoms with Gasteiger partial charge in [0.1, 0.15) is 5.60 Å². The van der Waals surface area contributed by atoms with E-state index in [0.29, 0.717) is 6.54 Å². The van der Waals surface area contributed by atoms with Gasteiger partial charge in [0.2, 0.25) is 0 Å². The van der Waals surface area contributed by atoms with Crippen LogP contribution in [0.4, 0.5) is 4.79 Å². The molecule has 0 aromatic rings.